The summed E-state index contributed by atoms with van der Waals surface area (Å²) in [6, 6.07) is 2.68. The molecule has 1 amide bonds. The van der Waals surface area contributed by atoms with Gasteiger partial charge in [-0.1, -0.05) is 0 Å². The van der Waals surface area contributed by atoms with E-state index in [1.807, 2.05) is 19.3 Å². The number of hydrogen-bond donors (Lipinski definition) is 2. The first-order valence-corrected chi connectivity index (χ1v) is 11.7. The molecule has 2 fully saturated rings. The zero-order valence-corrected chi connectivity index (χ0v) is 19.3. The van der Waals surface area contributed by atoms with Crippen molar-refractivity contribution in [3.8, 4) is 0 Å². The fraction of sp³-hybridized carbons (Fsp3) is 0.417. The second-order valence-corrected chi connectivity index (χ2v) is 9.39. The molecule has 2 aliphatic rings. The summed E-state index contributed by atoms with van der Waals surface area (Å²) in [5, 5.41) is 11.6. The molecular formula is C24H27FN8O. The molecule has 1 saturated carbocycles. The van der Waals surface area contributed by atoms with E-state index in [9.17, 15) is 4.79 Å². The first kappa shape index (κ1) is 21.0. The molecule has 6 rings (SSSR count). The van der Waals surface area contributed by atoms with E-state index in [1.54, 1.807) is 28.5 Å². The number of carbonyl (C=O) groups is 1. The lowest BCUT2D eigenvalue weighted by atomic mass is 10.0. The molecule has 34 heavy (non-hydrogen) atoms. The van der Waals surface area contributed by atoms with Gasteiger partial charge < -0.3 is 19.9 Å². The summed E-state index contributed by atoms with van der Waals surface area (Å²) in [6.45, 7) is 3.56. The van der Waals surface area contributed by atoms with Crippen molar-refractivity contribution in [2.24, 2.45) is 7.05 Å². The van der Waals surface area contributed by atoms with Gasteiger partial charge in [-0.2, -0.15) is 5.10 Å². The van der Waals surface area contributed by atoms with Gasteiger partial charge in [0.05, 0.1) is 23.8 Å². The van der Waals surface area contributed by atoms with E-state index < -0.39 is 11.7 Å². The number of hydrogen-bond acceptors (Lipinski definition) is 6. The van der Waals surface area contributed by atoms with Crippen molar-refractivity contribution in [1.29, 1.82) is 0 Å². The fourth-order valence-electron chi connectivity index (χ4n) is 4.83. The predicted molar refractivity (Wildman–Crippen MR) is 128 cm³/mol. The van der Waals surface area contributed by atoms with Crippen molar-refractivity contribution in [3.63, 3.8) is 0 Å². The van der Waals surface area contributed by atoms with Crippen LogP contribution < -0.4 is 15.5 Å². The third-order valence-corrected chi connectivity index (χ3v) is 6.67. The number of aryl methyl sites for hydroxylation is 2. The summed E-state index contributed by atoms with van der Waals surface area (Å²) < 4.78 is 18.8. The molecule has 0 radical (unpaired) electrons. The largest absolute Gasteiger partial charge is 0.371 e. The maximum Gasteiger partial charge on any atom is 0.262 e. The molecule has 1 aliphatic carbocycles. The third-order valence-electron chi connectivity index (χ3n) is 6.67. The van der Waals surface area contributed by atoms with E-state index in [0.29, 0.717) is 29.1 Å². The van der Waals surface area contributed by atoms with Crippen LogP contribution in [0.5, 0.6) is 0 Å². The average Bonchev–Trinajstić information content (AvgIpc) is 3.40. The van der Waals surface area contributed by atoms with Crippen molar-refractivity contribution in [2.45, 2.75) is 44.7 Å². The average molecular weight is 463 g/mol. The first-order valence-electron chi connectivity index (χ1n) is 11.7. The van der Waals surface area contributed by atoms with E-state index >= 15 is 4.39 Å². The Morgan fingerprint density at radius 1 is 1.12 bits per heavy atom. The van der Waals surface area contributed by atoms with Gasteiger partial charge >= 0.3 is 0 Å². The number of carbonyl (C=O) groups excluding carboxylic acids is 1. The first-order chi connectivity index (χ1) is 16.4. The highest BCUT2D eigenvalue weighted by Gasteiger charge is 2.29. The Balaban J connectivity index is 1.29. The Hall–Kier alpha value is -3.53. The van der Waals surface area contributed by atoms with Crippen LogP contribution >= 0.6 is 0 Å². The Kier molecular flexibility index (Phi) is 4.98. The van der Waals surface area contributed by atoms with Crippen LogP contribution in [0.2, 0.25) is 0 Å². The van der Waals surface area contributed by atoms with E-state index in [1.165, 1.54) is 18.9 Å². The molecule has 1 aliphatic heterocycles. The molecule has 10 heteroatoms. The number of fused-ring (bicyclic) bond motifs is 2. The Morgan fingerprint density at radius 3 is 2.65 bits per heavy atom. The van der Waals surface area contributed by atoms with Crippen LogP contribution in [0.3, 0.4) is 0 Å². The number of rotatable bonds is 5. The minimum Gasteiger partial charge on any atom is -0.371 e. The lowest BCUT2D eigenvalue weighted by molar-refractivity contribution is 0.102. The summed E-state index contributed by atoms with van der Waals surface area (Å²) in [4.78, 5) is 23.9. The SMILES string of the molecule is Cc1cn2cc(NC(=O)c3c(F)cc(N4CCC(NC5CC5)CC4)c4cn(C)nc34)nc2cn1. The van der Waals surface area contributed by atoms with Gasteiger partial charge in [-0.25, -0.2) is 9.37 Å². The predicted octanol–water partition coefficient (Wildman–Crippen LogP) is 3.04. The third kappa shape index (κ3) is 3.87. The molecule has 9 nitrogen and oxygen atoms in total. The molecule has 0 unspecified atom stereocenters. The molecule has 1 saturated heterocycles. The summed E-state index contributed by atoms with van der Waals surface area (Å²) in [5.41, 5.74) is 2.49. The molecule has 3 aromatic heterocycles. The van der Waals surface area contributed by atoms with Gasteiger partial charge in [-0.15, -0.1) is 0 Å². The van der Waals surface area contributed by atoms with E-state index in [4.69, 9.17) is 0 Å². The van der Waals surface area contributed by atoms with E-state index in [0.717, 1.165) is 42.7 Å². The highest BCUT2D eigenvalue weighted by molar-refractivity contribution is 6.14. The second-order valence-electron chi connectivity index (χ2n) is 9.39. The smallest absolute Gasteiger partial charge is 0.262 e. The normalized spacial score (nSPS) is 17.1. The van der Waals surface area contributed by atoms with Gasteiger partial charge in [0.25, 0.3) is 5.91 Å². The number of amides is 1. The summed E-state index contributed by atoms with van der Waals surface area (Å²) in [5.74, 6) is -0.832. The van der Waals surface area contributed by atoms with Crippen molar-refractivity contribution in [1.82, 2.24) is 29.5 Å². The van der Waals surface area contributed by atoms with E-state index in [-0.39, 0.29) is 5.56 Å². The van der Waals surface area contributed by atoms with Crippen LogP contribution in [-0.4, -0.2) is 55.2 Å². The van der Waals surface area contributed by atoms with Crippen molar-refractivity contribution in [2.75, 3.05) is 23.3 Å². The Bertz CT molecular complexity index is 1400. The van der Waals surface area contributed by atoms with Crippen LogP contribution in [0.1, 0.15) is 41.7 Å². The molecule has 2 N–H and O–H groups in total. The molecule has 0 atom stereocenters. The summed E-state index contributed by atoms with van der Waals surface area (Å²) >= 11 is 0. The maximum atomic E-state index is 15.4. The highest BCUT2D eigenvalue weighted by Crippen LogP contribution is 2.33. The van der Waals surface area contributed by atoms with Gasteiger partial charge in [0.15, 0.2) is 11.5 Å². The number of nitrogens with one attached hydrogen (secondary N) is 2. The second kappa shape index (κ2) is 8.05. The number of halogens is 1. The van der Waals surface area contributed by atoms with Crippen LogP contribution in [0.15, 0.2) is 30.9 Å². The van der Waals surface area contributed by atoms with Crippen LogP contribution in [0, 0.1) is 12.7 Å². The lowest BCUT2D eigenvalue weighted by Gasteiger charge is -2.34. The monoisotopic (exact) mass is 462 g/mol. The number of benzene rings is 1. The maximum absolute atomic E-state index is 15.4. The minimum absolute atomic E-state index is 0.0732. The topological polar surface area (TPSA) is 92.4 Å². The number of piperidine rings is 1. The summed E-state index contributed by atoms with van der Waals surface area (Å²) in [6.07, 6.45) is 11.6. The molecule has 1 aromatic carbocycles. The van der Waals surface area contributed by atoms with Crippen molar-refractivity contribution in [3.05, 3.63) is 47.9 Å². The Morgan fingerprint density at radius 2 is 1.88 bits per heavy atom. The molecule has 4 heterocycles. The highest BCUT2D eigenvalue weighted by atomic mass is 19.1. The molecule has 4 aromatic rings. The number of nitrogens with zero attached hydrogens (tertiary/aromatic N) is 6. The number of aromatic nitrogens is 5. The minimum atomic E-state index is -0.585. The molecular weight excluding hydrogens is 435 g/mol. The number of anilines is 2. The fourth-order valence-corrected chi connectivity index (χ4v) is 4.83. The summed E-state index contributed by atoms with van der Waals surface area (Å²) in [7, 11) is 1.78. The molecule has 176 valence electrons. The van der Waals surface area contributed by atoms with Crippen LogP contribution in [0.25, 0.3) is 16.6 Å². The zero-order chi connectivity index (χ0) is 23.4. The zero-order valence-electron chi connectivity index (χ0n) is 19.3. The Labute approximate surface area is 196 Å². The molecule has 0 spiro atoms. The van der Waals surface area contributed by atoms with E-state index in [2.05, 4.69) is 30.6 Å². The van der Waals surface area contributed by atoms with Gasteiger partial charge in [-0.3, -0.25) is 14.5 Å². The molecule has 0 bridgehead atoms. The standard InChI is InChI=1S/C24H27FN8O/c1-14-11-33-13-20(28-21(33)10-26-14)29-24(34)22-18(25)9-19(17-12-31(2)30-23(17)22)32-7-5-16(6-8-32)27-15-3-4-15/h9-13,15-16,27H,3-8H2,1-2H3,(H,29,34). The quantitative estimate of drug-likeness (QED) is 0.474. The van der Waals surface area contributed by atoms with Gasteiger partial charge in [0.2, 0.25) is 0 Å². The lowest BCUT2D eigenvalue weighted by Crippen LogP contribution is -2.43. The van der Waals surface area contributed by atoms with Crippen molar-refractivity contribution < 1.29 is 9.18 Å². The van der Waals surface area contributed by atoms with Gasteiger partial charge in [0, 0.05) is 50.0 Å². The van der Waals surface area contributed by atoms with Gasteiger partial charge in [0.1, 0.15) is 16.9 Å². The number of imidazole rings is 1. The van der Waals surface area contributed by atoms with Gasteiger partial charge in [-0.05, 0) is 38.7 Å². The van der Waals surface area contributed by atoms with Crippen LogP contribution in [-0.2, 0) is 7.05 Å². The van der Waals surface area contributed by atoms with Crippen molar-refractivity contribution >= 4 is 34.0 Å². The van der Waals surface area contributed by atoms with Crippen LogP contribution in [0.4, 0.5) is 15.9 Å².